The van der Waals surface area contributed by atoms with Crippen molar-refractivity contribution in [2.45, 2.75) is 18.8 Å². The maximum Gasteiger partial charge on any atom is 0.137 e. The predicted molar refractivity (Wildman–Crippen MR) is 238 cm³/mol. The average Bonchev–Trinajstić information content (AvgIpc) is 3.96. The topological polar surface area (TPSA) is 54.5 Å². The van der Waals surface area contributed by atoms with E-state index in [1.807, 2.05) is 11.3 Å². The standard InChI is InChI=1S/C51H36N4OS/c1-3-14-31(15-4-1)49-52-50(32-16-5-2-6-17-32)54-51(53-49)41-24-12-23-39-38-22-11-21-37(47(38)57-48(39)41)36-20-13-27-44-46(36)40-29-28-33(30-45(40)56-44)55-42-25-9-7-18-34(42)35-19-8-10-26-43(35)55/h1-16,18-30,32,49,51,53H,17H2,(H,52,54). The summed E-state index contributed by atoms with van der Waals surface area (Å²) in [5.74, 6) is 1.23. The second-order valence-electron chi connectivity index (χ2n) is 15.1. The molecule has 0 saturated carbocycles. The highest BCUT2D eigenvalue weighted by Gasteiger charge is 2.29. The molecule has 7 aromatic carbocycles. The molecule has 6 heteroatoms. The Labute approximate surface area is 332 Å². The van der Waals surface area contributed by atoms with Crippen LogP contribution in [0.2, 0.25) is 0 Å². The summed E-state index contributed by atoms with van der Waals surface area (Å²) in [7, 11) is 0. The number of nitrogens with zero attached hydrogens (tertiary/aromatic N) is 2. The fraction of sp³-hybridized carbons (Fsp3) is 0.0784. The molecule has 3 unspecified atom stereocenters. The third kappa shape index (κ3) is 5.15. The molecule has 3 atom stereocenters. The monoisotopic (exact) mass is 752 g/mol. The molecule has 10 aromatic rings. The first-order valence-electron chi connectivity index (χ1n) is 19.6. The van der Waals surface area contributed by atoms with Crippen LogP contribution in [0.25, 0.3) is 80.7 Å². The molecule has 0 amide bonds. The Hall–Kier alpha value is -6.73. The highest BCUT2D eigenvalue weighted by molar-refractivity contribution is 7.26. The van der Waals surface area contributed by atoms with Crippen molar-refractivity contribution in [3.8, 4) is 16.8 Å². The summed E-state index contributed by atoms with van der Waals surface area (Å²) in [5.41, 5.74) is 10.0. The Bertz CT molecular complexity index is 3260. The highest BCUT2D eigenvalue weighted by Crippen LogP contribution is 2.46. The van der Waals surface area contributed by atoms with E-state index >= 15 is 0 Å². The molecule has 5 nitrogen and oxygen atoms in total. The number of fused-ring (bicyclic) bond motifs is 9. The number of rotatable bonds is 5. The van der Waals surface area contributed by atoms with Gasteiger partial charge in [-0.25, -0.2) is 4.99 Å². The van der Waals surface area contributed by atoms with Crippen molar-refractivity contribution in [2.24, 2.45) is 10.9 Å². The van der Waals surface area contributed by atoms with Gasteiger partial charge in [0.05, 0.1) is 11.0 Å². The lowest BCUT2D eigenvalue weighted by Crippen LogP contribution is -2.47. The van der Waals surface area contributed by atoms with Crippen molar-refractivity contribution in [3.63, 3.8) is 0 Å². The van der Waals surface area contributed by atoms with Gasteiger partial charge in [-0.2, -0.15) is 0 Å². The molecular formula is C51H36N4OS. The molecule has 3 aromatic heterocycles. The van der Waals surface area contributed by atoms with Crippen molar-refractivity contribution in [3.05, 3.63) is 187 Å². The SMILES string of the molecule is C1=CCC(C2=NC(c3cccc4c3sc3c(-c5cccc6oc7cc(-n8c9ccccc9c9ccccc98)ccc7c56)cccc34)NC(c3ccccc3)N2)C=C1. The van der Waals surface area contributed by atoms with E-state index in [0.717, 1.165) is 39.9 Å². The number of hydrogen-bond donors (Lipinski definition) is 2. The van der Waals surface area contributed by atoms with Crippen molar-refractivity contribution in [2.75, 3.05) is 0 Å². The molecule has 4 heterocycles. The number of aromatic nitrogens is 1. The molecule has 272 valence electrons. The van der Waals surface area contributed by atoms with Crippen molar-refractivity contribution >= 4 is 81.1 Å². The summed E-state index contributed by atoms with van der Waals surface area (Å²) in [6.45, 7) is 0. The predicted octanol–water partition coefficient (Wildman–Crippen LogP) is 13.1. The van der Waals surface area contributed by atoms with Crippen LogP contribution in [0.4, 0.5) is 0 Å². The van der Waals surface area contributed by atoms with Gasteiger partial charge in [0.2, 0.25) is 0 Å². The summed E-state index contributed by atoms with van der Waals surface area (Å²) in [6, 6.07) is 54.5. The first-order valence-corrected chi connectivity index (χ1v) is 20.5. The van der Waals surface area contributed by atoms with Gasteiger partial charge in [0.25, 0.3) is 0 Å². The van der Waals surface area contributed by atoms with Crippen molar-refractivity contribution < 1.29 is 4.42 Å². The molecule has 2 N–H and O–H groups in total. The third-order valence-electron chi connectivity index (χ3n) is 11.8. The van der Waals surface area contributed by atoms with Gasteiger partial charge in [-0.05, 0) is 47.9 Å². The van der Waals surface area contributed by atoms with E-state index in [9.17, 15) is 0 Å². The van der Waals surface area contributed by atoms with Gasteiger partial charge in [-0.15, -0.1) is 11.3 Å². The summed E-state index contributed by atoms with van der Waals surface area (Å²) < 4.78 is 11.6. The molecular weight excluding hydrogens is 717 g/mol. The van der Waals surface area contributed by atoms with E-state index in [0.29, 0.717) is 0 Å². The van der Waals surface area contributed by atoms with Gasteiger partial charge >= 0.3 is 0 Å². The zero-order valence-electron chi connectivity index (χ0n) is 30.9. The van der Waals surface area contributed by atoms with Crippen LogP contribution in [-0.2, 0) is 0 Å². The minimum absolute atomic E-state index is 0.0642. The fourth-order valence-electron chi connectivity index (χ4n) is 9.18. The first-order chi connectivity index (χ1) is 28.3. The molecule has 2 aliphatic rings. The molecule has 57 heavy (non-hydrogen) atoms. The maximum atomic E-state index is 6.71. The lowest BCUT2D eigenvalue weighted by Gasteiger charge is -2.34. The van der Waals surface area contributed by atoms with Crippen LogP contribution in [0, 0.1) is 5.92 Å². The second-order valence-corrected chi connectivity index (χ2v) is 16.1. The zero-order valence-corrected chi connectivity index (χ0v) is 31.7. The molecule has 1 aliphatic carbocycles. The van der Waals surface area contributed by atoms with Crippen molar-refractivity contribution in [1.82, 2.24) is 15.2 Å². The number of benzene rings is 7. The van der Waals surface area contributed by atoms with E-state index < -0.39 is 0 Å². The Kier molecular flexibility index (Phi) is 7.37. The minimum atomic E-state index is -0.212. The van der Waals surface area contributed by atoms with E-state index in [2.05, 4.69) is 191 Å². The van der Waals surface area contributed by atoms with Gasteiger partial charge in [-0.1, -0.05) is 140 Å². The van der Waals surface area contributed by atoms with Crippen LogP contribution in [0.15, 0.2) is 185 Å². The Morgan fingerprint density at radius 3 is 2.14 bits per heavy atom. The van der Waals surface area contributed by atoms with Gasteiger partial charge in [0, 0.05) is 70.5 Å². The zero-order chi connectivity index (χ0) is 37.5. The molecule has 0 saturated heterocycles. The Morgan fingerprint density at radius 1 is 0.614 bits per heavy atom. The lowest BCUT2D eigenvalue weighted by molar-refractivity contribution is 0.401. The van der Waals surface area contributed by atoms with Crippen LogP contribution in [0.3, 0.4) is 0 Å². The molecule has 0 bridgehead atoms. The van der Waals surface area contributed by atoms with Gasteiger partial charge in [-0.3, -0.25) is 5.32 Å². The number of furan rings is 1. The normalized spacial score (nSPS) is 18.3. The van der Waals surface area contributed by atoms with E-state index in [1.54, 1.807) is 0 Å². The maximum absolute atomic E-state index is 6.71. The molecule has 1 aliphatic heterocycles. The number of aliphatic imine (C=N–C) groups is 1. The summed E-state index contributed by atoms with van der Waals surface area (Å²) in [6.07, 6.45) is 9.40. The lowest BCUT2D eigenvalue weighted by atomic mass is 9.97. The summed E-state index contributed by atoms with van der Waals surface area (Å²) >= 11 is 1.87. The average molecular weight is 753 g/mol. The molecule has 0 fully saturated rings. The van der Waals surface area contributed by atoms with Crippen LogP contribution >= 0.6 is 11.3 Å². The van der Waals surface area contributed by atoms with Crippen LogP contribution in [0.1, 0.15) is 29.9 Å². The molecule has 0 spiro atoms. The van der Waals surface area contributed by atoms with Gasteiger partial charge < -0.3 is 14.3 Å². The number of nitrogens with one attached hydrogen (secondary N) is 2. The van der Waals surface area contributed by atoms with E-state index in [1.165, 1.54) is 64.2 Å². The van der Waals surface area contributed by atoms with Gasteiger partial charge in [0.1, 0.15) is 29.3 Å². The van der Waals surface area contributed by atoms with Gasteiger partial charge in [0.15, 0.2) is 0 Å². The first kappa shape index (κ1) is 32.5. The number of thiophene rings is 1. The quantitative estimate of drug-likeness (QED) is 0.184. The smallest absolute Gasteiger partial charge is 0.137 e. The summed E-state index contributed by atoms with van der Waals surface area (Å²) in [5, 5.41) is 14.9. The number of hydrogen-bond acceptors (Lipinski definition) is 5. The largest absolute Gasteiger partial charge is 0.456 e. The number of allylic oxidation sites excluding steroid dienone is 3. The van der Waals surface area contributed by atoms with Crippen molar-refractivity contribution in [1.29, 1.82) is 0 Å². The second kappa shape index (κ2) is 12.9. The number of para-hydroxylation sites is 2. The molecule has 0 radical (unpaired) electrons. The third-order valence-corrected chi connectivity index (χ3v) is 13.1. The fourth-order valence-corrected chi connectivity index (χ4v) is 10.5. The minimum Gasteiger partial charge on any atom is -0.456 e. The van der Waals surface area contributed by atoms with Crippen LogP contribution in [-0.4, -0.2) is 10.4 Å². The van der Waals surface area contributed by atoms with Crippen LogP contribution in [0.5, 0.6) is 0 Å². The van der Waals surface area contributed by atoms with Crippen LogP contribution < -0.4 is 10.6 Å². The Balaban J connectivity index is 1.00. The summed E-state index contributed by atoms with van der Waals surface area (Å²) in [4.78, 5) is 5.38. The Morgan fingerprint density at radius 2 is 1.33 bits per heavy atom. The van der Waals surface area contributed by atoms with E-state index in [-0.39, 0.29) is 18.2 Å². The highest BCUT2D eigenvalue weighted by atomic mass is 32.1. The number of amidine groups is 1. The van der Waals surface area contributed by atoms with E-state index in [4.69, 9.17) is 9.41 Å². The molecule has 12 rings (SSSR count).